The molecule has 3 nitrogen and oxygen atoms in total. The molecule has 0 spiro atoms. The molecule has 1 fully saturated rings. The molecular weight excluding hydrogens is 224 g/mol. The summed E-state index contributed by atoms with van der Waals surface area (Å²) < 4.78 is 5.86. The number of rotatable bonds is 4. The van der Waals surface area contributed by atoms with E-state index >= 15 is 0 Å². The molecule has 0 unspecified atom stereocenters. The number of nitrogens with one attached hydrogen (secondary N) is 1. The maximum Gasteiger partial charge on any atom is 0.119 e. The molecule has 1 aliphatic rings. The smallest absolute Gasteiger partial charge is 0.119 e. The lowest BCUT2D eigenvalue weighted by Crippen LogP contribution is -2.50. The molecule has 0 saturated carbocycles. The average molecular weight is 248 g/mol. The summed E-state index contributed by atoms with van der Waals surface area (Å²) in [6.07, 6.45) is 0. The Bertz CT molecular complexity index is 372. The maximum absolute atomic E-state index is 5.86. The Morgan fingerprint density at radius 2 is 2.00 bits per heavy atom. The first-order chi connectivity index (χ1) is 8.65. The van der Waals surface area contributed by atoms with Gasteiger partial charge in [-0.2, -0.15) is 0 Å². The molecule has 0 aromatic heterocycles. The van der Waals surface area contributed by atoms with E-state index in [2.05, 4.69) is 49.2 Å². The quantitative estimate of drug-likeness (QED) is 0.882. The van der Waals surface area contributed by atoms with Crippen molar-refractivity contribution in [3.63, 3.8) is 0 Å². The van der Waals surface area contributed by atoms with E-state index in [-0.39, 0.29) is 0 Å². The lowest BCUT2D eigenvalue weighted by Gasteiger charge is -2.33. The van der Waals surface area contributed by atoms with Crippen LogP contribution in [0, 0.1) is 13.8 Å². The Hall–Kier alpha value is -1.06. The minimum atomic E-state index is 0.613. The van der Waals surface area contributed by atoms with Gasteiger partial charge in [-0.1, -0.05) is 6.07 Å². The van der Waals surface area contributed by atoms with Crippen molar-refractivity contribution in [1.82, 2.24) is 10.2 Å². The van der Waals surface area contributed by atoms with Crippen LogP contribution in [0.3, 0.4) is 0 Å². The zero-order chi connectivity index (χ0) is 13.0. The van der Waals surface area contributed by atoms with Gasteiger partial charge in [0.15, 0.2) is 0 Å². The molecule has 3 heteroatoms. The normalized spacial score (nSPS) is 20.9. The van der Waals surface area contributed by atoms with Crippen LogP contribution in [0.4, 0.5) is 0 Å². The number of aryl methyl sites for hydroxylation is 2. The second-order valence-electron chi connectivity index (χ2n) is 5.26. The maximum atomic E-state index is 5.86. The number of benzene rings is 1. The zero-order valence-electron chi connectivity index (χ0n) is 11.7. The first-order valence-electron chi connectivity index (χ1n) is 6.81. The summed E-state index contributed by atoms with van der Waals surface area (Å²) in [6, 6.07) is 7.00. The van der Waals surface area contributed by atoms with Gasteiger partial charge in [0.25, 0.3) is 0 Å². The summed E-state index contributed by atoms with van der Waals surface area (Å²) >= 11 is 0. The highest BCUT2D eigenvalue weighted by atomic mass is 16.5. The van der Waals surface area contributed by atoms with Crippen LogP contribution in [0.5, 0.6) is 5.75 Å². The van der Waals surface area contributed by atoms with Gasteiger partial charge < -0.3 is 10.1 Å². The number of piperazine rings is 1. The lowest BCUT2D eigenvalue weighted by atomic mass is 10.1. The van der Waals surface area contributed by atoms with E-state index in [0.717, 1.165) is 38.5 Å². The molecule has 1 aromatic rings. The molecule has 0 aliphatic carbocycles. The standard InChI is InChI=1S/C15H24N2O/c1-12-8-13(2)10-15(9-12)18-7-6-17-5-4-16-11-14(17)3/h8-10,14,16H,4-7,11H2,1-3H3/t14-/m1/s1. The van der Waals surface area contributed by atoms with Crippen molar-refractivity contribution in [2.45, 2.75) is 26.8 Å². The van der Waals surface area contributed by atoms with Gasteiger partial charge in [-0.25, -0.2) is 0 Å². The third-order valence-corrected chi connectivity index (χ3v) is 3.48. The molecule has 1 aromatic carbocycles. The fraction of sp³-hybridized carbons (Fsp3) is 0.600. The van der Waals surface area contributed by atoms with Crippen LogP contribution < -0.4 is 10.1 Å². The SMILES string of the molecule is Cc1cc(C)cc(OCCN2CCNC[C@H]2C)c1. The molecule has 0 amide bonds. The highest BCUT2D eigenvalue weighted by Crippen LogP contribution is 2.16. The third kappa shape index (κ3) is 3.72. The highest BCUT2D eigenvalue weighted by molar-refractivity contribution is 5.32. The topological polar surface area (TPSA) is 24.5 Å². The molecular formula is C15H24N2O. The van der Waals surface area contributed by atoms with Crippen molar-refractivity contribution in [3.8, 4) is 5.75 Å². The molecule has 1 aliphatic heterocycles. The highest BCUT2D eigenvalue weighted by Gasteiger charge is 2.17. The fourth-order valence-electron chi connectivity index (χ4n) is 2.51. The van der Waals surface area contributed by atoms with E-state index in [9.17, 15) is 0 Å². The van der Waals surface area contributed by atoms with Crippen LogP contribution in [0.15, 0.2) is 18.2 Å². The van der Waals surface area contributed by atoms with Gasteiger partial charge in [0, 0.05) is 32.2 Å². The van der Waals surface area contributed by atoms with Gasteiger partial charge in [0.05, 0.1) is 0 Å². The van der Waals surface area contributed by atoms with Gasteiger partial charge in [-0.15, -0.1) is 0 Å². The van der Waals surface area contributed by atoms with E-state index in [4.69, 9.17) is 4.74 Å². The van der Waals surface area contributed by atoms with E-state index < -0.39 is 0 Å². The number of ether oxygens (including phenoxy) is 1. The number of hydrogen-bond acceptors (Lipinski definition) is 3. The van der Waals surface area contributed by atoms with Gasteiger partial charge in [0.2, 0.25) is 0 Å². The Kier molecular flexibility index (Phi) is 4.61. The molecule has 1 heterocycles. The van der Waals surface area contributed by atoms with Crippen molar-refractivity contribution in [3.05, 3.63) is 29.3 Å². The summed E-state index contributed by atoms with van der Waals surface area (Å²) in [6.45, 7) is 11.6. The summed E-state index contributed by atoms with van der Waals surface area (Å²) in [5, 5.41) is 3.41. The van der Waals surface area contributed by atoms with Crippen molar-refractivity contribution in [2.24, 2.45) is 0 Å². The van der Waals surface area contributed by atoms with Crippen LogP contribution in [-0.4, -0.2) is 43.7 Å². The Morgan fingerprint density at radius 3 is 2.67 bits per heavy atom. The molecule has 2 rings (SSSR count). The predicted molar refractivity (Wildman–Crippen MR) is 75.3 cm³/mol. The van der Waals surface area contributed by atoms with E-state index in [1.54, 1.807) is 0 Å². The van der Waals surface area contributed by atoms with E-state index in [1.807, 2.05) is 0 Å². The summed E-state index contributed by atoms with van der Waals surface area (Å²) in [4.78, 5) is 2.49. The number of nitrogens with zero attached hydrogens (tertiary/aromatic N) is 1. The monoisotopic (exact) mass is 248 g/mol. The van der Waals surface area contributed by atoms with Gasteiger partial charge in [-0.3, -0.25) is 4.90 Å². The Labute approximate surface area is 110 Å². The third-order valence-electron chi connectivity index (χ3n) is 3.48. The van der Waals surface area contributed by atoms with Crippen molar-refractivity contribution in [2.75, 3.05) is 32.8 Å². The molecule has 1 saturated heterocycles. The van der Waals surface area contributed by atoms with Gasteiger partial charge >= 0.3 is 0 Å². The largest absolute Gasteiger partial charge is 0.492 e. The van der Waals surface area contributed by atoms with Gasteiger partial charge in [0.1, 0.15) is 12.4 Å². The van der Waals surface area contributed by atoms with Crippen LogP contribution in [-0.2, 0) is 0 Å². The number of hydrogen-bond donors (Lipinski definition) is 1. The van der Waals surface area contributed by atoms with Crippen molar-refractivity contribution < 1.29 is 4.74 Å². The first-order valence-corrected chi connectivity index (χ1v) is 6.81. The second kappa shape index (κ2) is 6.21. The van der Waals surface area contributed by atoms with E-state index in [1.165, 1.54) is 11.1 Å². The molecule has 0 bridgehead atoms. The molecule has 100 valence electrons. The van der Waals surface area contributed by atoms with Crippen molar-refractivity contribution in [1.29, 1.82) is 0 Å². The fourth-order valence-corrected chi connectivity index (χ4v) is 2.51. The second-order valence-corrected chi connectivity index (χ2v) is 5.26. The summed E-state index contributed by atoms with van der Waals surface area (Å²) in [7, 11) is 0. The minimum Gasteiger partial charge on any atom is -0.492 e. The Balaban J connectivity index is 1.80. The summed E-state index contributed by atoms with van der Waals surface area (Å²) in [5.74, 6) is 0.996. The average Bonchev–Trinajstić information content (AvgIpc) is 2.30. The van der Waals surface area contributed by atoms with E-state index in [0.29, 0.717) is 6.04 Å². The first kappa shape index (κ1) is 13.4. The molecule has 1 atom stereocenters. The molecule has 18 heavy (non-hydrogen) atoms. The van der Waals surface area contributed by atoms with Crippen LogP contribution >= 0.6 is 0 Å². The minimum absolute atomic E-state index is 0.613. The predicted octanol–water partition coefficient (Wildman–Crippen LogP) is 1.98. The van der Waals surface area contributed by atoms with Crippen LogP contribution in [0.2, 0.25) is 0 Å². The summed E-state index contributed by atoms with van der Waals surface area (Å²) in [5.41, 5.74) is 2.53. The van der Waals surface area contributed by atoms with Crippen LogP contribution in [0.25, 0.3) is 0 Å². The molecule has 1 N–H and O–H groups in total. The lowest BCUT2D eigenvalue weighted by molar-refractivity contribution is 0.143. The van der Waals surface area contributed by atoms with Crippen molar-refractivity contribution >= 4 is 0 Å². The van der Waals surface area contributed by atoms with Gasteiger partial charge in [-0.05, 0) is 44.0 Å². The Morgan fingerprint density at radius 1 is 1.28 bits per heavy atom. The molecule has 0 radical (unpaired) electrons. The van der Waals surface area contributed by atoms with Crippen LogP contribution in [0.1, 0.15) is 18.1 Å². The zero-order valence-corrected chi connectivity index (χ0v) is 11.7.